The topological polar surface area (TPSA) is 132 Å². The Balaban J connectivity index is 0.000000179. The molecule has 0 radical (unpaired) electrons. The van der Waals surface area contributed by atoms with E-state index in [1.165, 1.54) is 0 Å². The van der Waals surface area contributed by atoms with E-state index in [0.717, 1.165) is 49.9 Å². The first kappa shape index (κ1) is 22.0. The summed E-state index contributed by atoms with van der Waals surface area (Å²) in [7, 11) is 0. The lowest BCUT2D eigenvalue weighted by atomic mass is 10.1. The fourth-order valence-electron chi connectivity index (χ4n) is 3.44. The van der Waals surface area contributed by atoms with Crippen LogP contribution in [0, 0.1) is 24.2 Å². The molecule has 2 fully saturated rings. The molecule has 1 amide bonds. The van der Waals surface area contributed by atoms with Crippen LogP contribution in [-0.2, 0) is 4.79 Å². The molecule has 1 aromatic carbocycles. The average molecular weight is 420 g/mol. The molecule has 4 rings (SSSR count). The molecule has 0 unspecified atom stereocenters. The lowest BCUT2D eigenvalue weighted by Gasteiger charge is -2.13. The van der Waals surface area contributed by atoms with E-state index < -0.39 is 0 Å². The lowest BCUT2D eigenvalue weighted by molar-refractivity contribution is -0.125. The minimum atomic E-state index is -0.0584. The number of para-hydroxylation sites is 1. The molecule has 7 nitrogen and oxygen atoms in total. The van der Waals surface area contributed by atoms with Gasteiger partial charge >= 0.3 is 0 Å². The van der Waals surface area contributed by atoms with E-state index in [2.05, 4.69) is 4.98 Å². The second kappa shape index (κ2) is 9.90. The number of hydrogen-bond donors (Lipinski definition) is 4. The van der Waals surface area contributed by atoms with Gasteiger partial charge in [0.25, 0.3) is 5.91 Å². The minimum absolute atomic E-state index is 0.0584. The van der Waals surface area contributed by atoms with Crippen molar-refractivity contribution < 1.29 is 9.90 Å². The number of nitrogen functional groups attached to an aromatic ring is 1. The number of amides is 1. The van der Waals surface area contributed by atoms with Gasteiger partial charge in [-0.25, -0.2) is 0 Å². The maximum atomic E-state index is 11.8. The number of rotatable bonds is 4. The third-order valence-electron chi connectivity index (χ3n) is 5.44. The van der Waals surface area contributed by atoms with Gasteiger partial charge in [0, 0.05) is 36.1 Å². The molecule has 6 N–H and O–H groups in total. The Labute approximate surface area is 182 Å². The van der Waals surface area contributed by atoms with Crippen LogP contribution >= 0.6 is 0 Å². The van der Waals surface area contributed by atoms with Crippen LogP contribution < -0.4 is 11.5 Å². The summed E-state index contributed by atoms with van der Waals surface area (Å²) in [5, 5.41) is 18.6. The summed E-state index contributed by atoms with van der Waals surface area (Å²) < 4.78 is 0. The number of aryl methyl sites for hydroxylation is 1. The van der Waals surface area contributed by atoms with Crippen LogP contribution in [0.5, 0.6) is 5.75 Å². The van der Waals surface area contributed by atoms with Crippen molar-refractivity contribution >= 4 is 23.5 Å². The van der Waals surface area contributed by atoms with Crippen molar-refractivity contribution in [3.05, 3.63) is 58.8 Å². The number of aromatic nitrogens is 1. The van der Waals surface area contributed by atoms with Gasteiger partial charge in [-0.2, -0.15) is 5.26 Å². The first-order valence-corrected chi connectivity index (χ1v) is 10.5. The van der Waals surface area contributed by atoms with Crippen molar-refractivity contribution in [2.75, 3.05) is 18.8 Å². The molecule has 1 saturated carbocycles. The molecule has 1 aliphatic carbocycles. The summed E-state index contributed by atoms with van der Waals surface area (Å²) in [4.78, 5) is 16.5. The number of benzene rings is 1. The van der Waals surface area contributed by atoms with Crippen LogP contribution in [0.25, 0.3) is 11.8 Å². The Kier molecular flexibility index (Phi) is 7.03. The van der Waals surface area contributed by atoms with Crippen LogP contribution in [0.2, 0.25) is 0 Å². The van der Waals surface area contributed by atoms with Crippen molar-refractivity contribution in [3.8, 4) is 11.8 Å². The molecule has 0 bridgehead atoms. The van der Waals surface area contributed by atoms with E-state index in [-0.39, 0.29) is 11.7 Å². The molecule has 2 aliphatic rings. The van der Waals surface area contributed by atoms with Gasteiger partial charge in [0.2, 0.25) is 0 Å². The smallest absolute Gasteiger partial charge is 0.264 e. The molecule has 7 heteroatoms. The third kappa shape index (κ3) is 5.70. The summed E-state index contributed by atoms with van der Waals surface area (Å²) >= 11 is 0. The van der Waals surface area contributed by atoms with E-state index in [0.29, 0.717) is 28.6 Å². The van der Waals surface area contributed by atoms with Crippen molar-refractivity contribution in [1.29, 1.82) is 5.26 Å². The number of nitrogens with two attached hydrogens (primary N) is 2. The van der Waals surface area contributed by atoms with E-state index in [1.807, 2.05) is 31.3 Å². The van der Waals surface area contributed by atoms with Gasteiger partial charge in [-0.15, -0.1) is 0 Å². The Morgan fingerprint density at radius 3 is 2.52 bits per heavy atom. The number of phenolic OH excluding ortho intramolecular Hbond substituents is 1. The Hall–Kier alpha value is -3.66. The number of nitrogens with zero attached hydrogens (tertiary/aromatic N) is 2. The summed E-state index contributed by atoms with van der Waals surface area (Å²) in [5.41, 5.74) is 15.1. The maximum absolute atomic E-state index is 11.8. The molecule has 1 aliphatic heterocycles. The van der Waals surface area contributed by atoms with E-state index in [9.17, 15) is 9.90 Å². The molecule has 2 heterocycles. The lowest BCUT2D eigenvalue weighted by Crippen LogP contribution is -2.28. The minimum Gasteiger partial charge on any atom is -0.507 e. The number of aromatic amines is 1. The summed E-state index contributed by atoms with van der Waals surface area (Å²) in [5.74, 6) is 1.17. The second-order valence-electron chi connectivity index (χ2n) is 7.94. The molecule has 31 heavy (non-hydrogen) atoms. The number of carbonyl (C=O) groups is 1. The summed E-state index contributed by atoms with van der Waals surface area (Å²) in [6.07, 6.45) is 9.86. The Morgan fingerprint density at radius 1 is 1.29 bits per heavy atom. The number of H-pyrrole nitrogens is 1. The van der Waals surface area contributed by atoms with Crippen molar-refractivity contribution in [2.24, 2.45) is 11.7 Å². The van der Waals surface area contributed by atoms with Gasteiger partial charge in [-0.05, 0) is 62.3 Å². The van der Waals surface area contributed by atoms with E-state index in [1.54, 1.807) is 29.2 Å². The first-order chi connectivity index (χ1) is 14.9. The second-order valence-corrected chi connectivity index (χ2v) is 7.94. The zero-order valence-electron chi connectivity index (χ0n) is 17.8. The predicted molar refractivity (Wildman–Crippen MR) is 122 cm³/mol. The van der Waals surface area contributed by atoms with Crippen LogP contribution in [0.3, 0.4) is 0 Å². The zero-order valence-corrected chi connectivity index (χ0v) is 17.8. The number of nitrogens with one attached hydrogen (secondary N) is 1. The van der Waals surface area contributed by atoms with E-state index >= 15 is 0 Å². The molecular weight excluding hydrogens is 390 g/mol. The Bertz CT molecular complexity index is 1010. The number of phenols is 1. The van der Waals surface area contributed by atoms with Gasteiger partial charge in [0.15, 0.2) is 0 Å². The highest BCUT2D eigenvalue weighted by Crippen LogP contribution is 2.31. The standard InChI is InChI=1S/C13H15N3O.C11H14N2O/c1-8-7-16-13(15)10(8)6-11(14)9-4-2-3-5-12(9)17;12-8-10(7-9-3-4-9)11(14)13-5-1-2-6-13/h2-7,16-17H,14-15H2,1H3;7,9H,1-6H2/b11-6-;10-7+. The summed E-state index contributed by atoms with van der Waals surface area (Å²) in [6, 6.07) is 8.96. The SMILES string of the molecule is Cc1c[nH]c(N)c1/C=C(\N)c1ccccc1O.N#C/C(=C\C1CC1)C(=O)N1CCCC1. The highest BCUT2D eigenvalue weighted by atomic mass is 16.3. The van der Waals surface area contributed by atoms with Gasteiger partial charge < -0.3 is 26.5 Å². The average Bonchev–Trinajstić information content (AvgIpc) is 3.31. The number of nitriles is 1. The zero-order chi connectivity index (χ0) is 22.4. The Morgan fingerprint density at radius 2 is 1.97 bits per heavy atom. The monoisotopic (exact) mass is 419 g/mol. The molecule has 2 aromatic rings. The van der Waals surface area contributed by atoms with Crippen molar-refractivity contribution in [1.82, 2.24) is 9.88 Å². The number of carbonyl (C=O) groups excluding carboxylic acids is 1. The van der Waals surface area contributed by atoms with Gasteiger partial charge in [-0.3, -0.25) is 4.79 Å². The van der Waals surface area contributed by atoms with Crippen molar-refractivity contribution in [2.45, 2.75) is 32.6 Å². The predicted octanol–water partition coefficient (Wildman–Crippen LogP) is 3.54. The molecule has 162 valence electrons. The molecule has 0 atom stereocenters. The van der Waals surface area contributed by atoms with Crippen molar-refractivity contribution in [3.63, 3.8) is 0 Å². The molecule has 0 spiro atoms. The van der Waals surface area contributed by atoms with Gasteiger partial charge in [0.05, 0.1) is 0 Å². The molecular formula is C24H29N5O2. The third-order valence-corrected chi connectivity index (χ3v) is 5.44. The van der Waals surface area contributed by atoms with Crippen LogP contribution in [-0.4, -0.2) is 34.0 Å². The van der Waals surface area contributed by atoms with Gasteiger partial charge in [-0.1, -0.05) is 18.2 Å². The normalized spacial score (nSPS) is 16.5. The van der Waals surface area contributed by atoms with Crippen LogP contribution in [0.4, 0.5) is 5.82 Å². The molecule has 1 aromatic heterocycles. The first-order valence-electron chi connectivity index (χ1n) is 10.5. The van der Waals surface area contributed by atoms with Crippen LogP contribution in [0.15, 0.2) is 42.1 Å². The molecule has 1 saturated heterocycles. The number of allylic oxidation sites excluding steroid dienone is 1. The highest BCUT2D eigenvalue weighted by Gasteiger charge is 2.25. The number of hydrogen-bond acceptors (Lipinski definition) is 5. The van der Waals surface area contributed by atoms with E-state index in [4.69, 9.17) is 16.7 Å². The quantitative estimate of drug-likeness (QED) is 0.444. The maximum Gasteiger partial charge on any atom is 0.264 e. The number of aromatic hydroxyl groups is 1. The highest BCUT2D eigenvalue weighted by molar-refractivity contribution is 5.97. The van der Waals surface area contributed by atoms with Crippen LogP contribution in [0.1, 0.15) is 42.4 Å². The fourth-order valence-corrected chi connectivity index (χ4v) is 3.44. The summed E-state index contributed by atoms with van der Waals surface area (Å²) in [6.45, 7) is 3.59. The largest absolute Gasteiger partial charge is 0.507 e. The number of anilines is 1. The fraction of sp³-hybridized carbons (Fsp3) is 0.333. The number of likely N-dealkylation sites (tertiary alicyclic amines) is 1. The van der Waals surface area contributed by atoms with Gasteiger partial charge in [0.1, 0.15) is 23.2 Å².